The van der Waals surface area contributed by atoms with Gasteiger partial charge in [-0.2, -0.15) is 16.6 Å². The predicted molar refractivity (Wildman–Crippen MR) is 82.8 cm³/mol. The SMILES string of the molecule is N#C[C@@H](C(=O)Nc1cc(Cl)cc(Cl)c1)C(=O)c1ccsc1. The minimum atomic E-state index is -1.42. The fourth-order valence-corrected chi connectivity index (χ4v) is 2.82. The molecule has 2 rings (SSSR count). The van der Waals surface area contributed by atoms with Crippen molar-refractivity contribution in [2.45, 2.75) is 0 Å². The normalized spacial score (nSPS) is 11.5. The molecule has 1 amide bonds. The summed E-state index contributed by atoms with van der Waals surface area (Å²) in [5, 5.41) is 15.5. The van der Waals surface area contributed by atoms with Crippen LogP contribution >= 0.6 is 34.5 Å². The van der Waals surface area contributed by atoms with E-state index >= 15 is 0 Å². The minimum Gasteiger partial charge on any atom is -0.324 e. The first-order chi connectivity index (χ1) is 10.0. The Labute approximate surface area is 134 Å². The Morgan fingerprint density at radius 3 is 2.43 bits per heavy atom. The summed E-state index contributed by atoms with van der Waals surface area (Å²) in [4.78, 5) is 24.1. The van der Waals surface area contributed by atoms with E-state index in [9.17, 15) is 9.59 Å². The van der Waals surface area contributed by atoms with Gasteiger partial charge in [-0.3, -0.25) is 9.59 Å². The van der Waals surface area contributed by atoms with Crippen molar-refractivity contribution in [1.29, 1.82) is 5.26 Å². The van der Waals surface area contributed by atoms with Crippen molar-refractivity contribution >= 4 is 51.9 Å². The van der Waals surface area contributed by atoms with Crippen molar-refractivity contribution < 1.29 is 9.59 Å². The molecular formula is C14H8Cl2N2O2S. The van der Waals surface area contributed by atoms with E-state index in [1.807, 2.05) is 0 Å². The zero-order valence-electron chi connectivity index (χ0n) is 10.5. The third-order valence-electron chi connectivity index (χ3n) is 2.59. The zero-order valence-corrected chi connectivity index (χ0v) is 12.8. The number of carbonyl (C=O) groups is 2. The molecule has 2 aromatic rings. The molecule has 106 valence electrons. The van der Waals surface area contributed by atoms with E-state index in [0.29, 0.717) is 21.3 Å². The number of hydrogen-bond donors (Lipinski definition) is 1. The second-order valence-electron chi connectivity index (χ2n) is 4.09. The number of nitrogens with one attached hydrogen (secondary N) is 1. The van der Waals surface area contributed by atoms with E-state index < -0.39 is 17.6 Å². The third kappa shape index (κ3) is 3.82. The highest BCUT2D eigenvalue weighted by atomic mass is 35.5. The first-order valence-corrected chi connectivity index (χ1v) is 7.44. The number of nitrogens with zero attached hydrogens (tertiary/aromatic N) is 1. The van der Waals surface area contributed by atoms with Gasteiger partial charge in [0.1, 0.15) is 0 Å². The number of Topliss-reactive ketones (excluding diaryl/α,β-unsaturated/α-hetero) is 1. The third-order valence-corrected chi connectivity index (χ3v) is 3.71. The van der Waals surface area contributed by atoms with Crippen molar-refractivity contribution in [2.75, 3.05) is 5.32 Å². The summed E-state index contributed by atoms with van der Waals surface area (Å²) < 4.78 is 0. The summed E-state index contributed by atoms with van der Waals surface area (Å²) in [6.07, 6.45) is 0. The highest BCUT2D eigenvalue weighted by Crippen LogP contribution is 2.23. The van der Waals surface area contributed by atoms with Crippen LogP contribution in [0.3, 0.4) is 0 Å². The number of thiophene rings is 1. The van der Waals surface area contributed by atoms with Crippen molar-refractivity contribution in [3.05, 3.63) is 50.6 Å². The fourth-order valence-electron chi connectivity index (χ4n) is 1.65. The van der Waals surface area contributed by atoms with Crippen LogP contribution in [0.2, 0.25) is 10.0 Å². The lowest BCUT2D eigenvalue weighted by Crippen LogP contribution is -2.28. The van der Waals surface area contributed by atoms with Gasteiger partial charge in [0.15, 0.2) is 11.7 Å². The van der Waals surface area contributed by atoms with Gasteiger partial charge in [-0.05, 0) is 29.6 Å². The average molecular weight is 339 g/mol. The molecule has 1 aromatic heterocycles. The molecule has 0 aliphatic rings. The molecule has 0 saturated carbocycles. The summed E-state index contributed by atoms with van der Waals surface area (Å²) in [7, 11) is 0. The molecule has 1 N–H and O–H groups in total. The minimum absolute atomic E-state index is 0.330. The Morgan fingerprint density at radius 1 is 1.24 bits per heavy atom. The molecule has 1 aromatic carbocycles. The maximum Gasteiger partial charge on any atom is 0.249 e. The number of amides is 1. The number of benzene rings is 1. The van der Waals surface area contributed by atoms with E-state index in [1.165, 1.54) is 29.5 Å². The van der Waals surface area contributed by atoms with Crippen LogP contribution < -0.4 is 5.32 Å². The molecule has 1 heterocycles. The quantitative estimate of drug-likeness (QED) is 0.676. The Bertz CT molecular complexity index is 703. The van der Waals surface area contributed by atoms with Gasteiger partial charge in [-0.1, -0.05) is 23.2 Å². The molecule has 0 fully saturated rings. The van der Waals surface area contributed by atoms with Gasteiger partial charge in [-0.25, -0.2) is 0 Å². The van der Waals surface area contributed by atoms with Gasteiger partial charge in [-0.15, -0.1) is 0 Å². The summed E-state index contributed by atoms with van der Waals surface area (Å²) in [5.41, 5.74) is 0.668. The van der Waals surface area contributed by atoms with Gasteiger partial charge in [0.05, 0.1) is 6.07 Å². The first kappa shape index (κ1) is 15.5. The van der Waals surface area contributed by atoms with Gasteiger partial charge < -0.3 is 5.32 Å². The smallest absolute Gasteiger partial charge is 0.249 e. The van der Waals surface area contributed by atoms with Crippen molar-refractivity contribution in [3.8, 4) is 6.07 Å². The molecule has 7 heteroatoms. The van der Waals surface area contributed by atoms with Crippen molar-refractivity contribution in [2.24, 2.45) is 5.92 Å². The second-order valence-corrected chi connectivity index (χ2v) is 5.74. The van der Waals surface area contributed by atoms with E-state index in [2.05, 4.69) is 5.32 Å². The molecule has 1 atom stereocenters. The molecule has 21 heavy (non-hydrogen) atoms. The Morgan fingerprint density at radius 2 is 1.90 bits per heavy atom. The van der Waals surface area contributed by atoms with Gasteiger partial charge >= 0.3 is 0 Å². The van der Waals surface area contributed by atoms with E-state index in [1.54, 1.807) is 22.9 Å². The van der Waals surface area contributed by atoms with Crippen LogP contribution in [-0.2, 0) is 4.79 Å². The van der Waals surface area contributed by atoms with Crippen LogP contribution in [-0.4, -0.2) is 11.7 Å². The standard InChI is InChI=1S/C14H8Cl2N2O2S/c15-9-3-10(16)5-11(4-9)18-14(20)12(6-17)13(19)8-1-2-21-7-8/h1-5,7,12H,(H,18,20)/t12-/m1/s1. The number of hydrogen-bond acceptors (Lipinski definition) is 4. The van der Waals surface area contributed by atoms with Gasteiger partial charge in [0, 0.05) is 26.7 Å². The summed E-state index contributed by atoms with van der Waals surface area (Å²) in [6, 6.07) is 7.76. The van der Waals surface area contributed by atoms with E-state index in [4.69, 9.17) is 28.5 Å². The Balaban J connectivity index is 2.18. The van der Waals surface area contributed by atoms with Crippen LogP contribution in [0.5, 0.6) is 0 Å². The number of rotatable bonds is 4. The summed E-state index contributed by atoms with van der Waals surface area (Å²) in [6.45, 7) is 0. The van der Waals surface area contributed by atoms with E-state index in [0.717, 1.165) is 0 Å². The highest BCUT2D eigenvalue weighted by Gasteiger charge is 2.27. The van der Waals surface area contributed by atoms with Gasteiger partial charge in [0.2, 0.25) is 5.91 Å². The average Bonchev–Trinajstić information content (AvgIpc) is 2.91. The molecule has 0 bridgehead atoms. The van der Waals surface area contributed by atoms with Crippen LogP contribution in [0, 0.1) is 17.2 Å². The lowest BCUT2D eigenvalue weighted by atomic mass is 10.0. The van der Waals surface area contributed by atoms with Crippen LogP contribution in [0.4, 0.5) is 5.69 Å². The first-order valence-electron chi connectivity index (χ1n) is 5.74. The lowest BCUT2D eigenvalue weighted by Gasteiger charge is -2.09. The monoisotopic (exact) mass is 338 g/mol. The Hall–Kier alpha value is -1.87. The van der Waals surface area contributed by atoms with Crippen LogP contribution in [0.1, 0.15) is 10.4 Å². The molecule has 0 radical (unpaired) electrons. The highest BCUT2D eigenvalue weighted by molar-refractivity contribution is 7.08. The number of nitriles is 1. The predicted octanol–water partition coefficient (Wildman–Crippen LogP) is 4.02. The van der Waals surface area contributed by atoms with Gasteiger partial charge in [0.25, 0.3) is 0 Å². The maximum absolute atomic E-state index is 12.1. The second kappa shape index (κ2) is 6.72. The number of ketones is 1. The maximum atomic E-state index is 12.1. The molecule has 0 saturated heterocycles. The molecule has 0 spiro atoms. The topological polar surface area (TPSA) is 70.0 Å². The molecule has 4 nitrogen and oxygen atoms in total. The summed E-state index contributed by atoms with van der Waals surface area (Å²) in [5.74, 6) is -2.67. The largest absolute Gasteiger partial charge is 0.324 e. The lowest BCUT2D eigenvalue weighted by molar-refractivity contribution is -0.117. The fraction of sp³-hybridized carbons (Fsp3) is 0.0714. The Kier molecular flexibility index (Phi) is 4.97. The van der Waals surface area contributed by atoms with Crippen molar-refractivity contribution in [1.82, 2.24) is 0 Å². The van der Waals surface area contributed by atoms with Crippen LogP contribution in [0.25, 0.3) is 0 Å². The summed E-state index contributed by atoms with van der Waals surface area (Å²) >= 11 is 13.0. The number of anilines is 1. The molecular weight excluding hydrogens is 331 g/mol. The number of halogens is 2. The van der Waals surface area contributed by atoms with E-state index in [-0.39, 0.29) is 0 Å². The molecule has 0 aliphatic heterocycles. The number of carbonyl (C=O) groups excluding carboxylic acids is 2. The van der Waals surface area contributed by atoms with Crippen LogP contribution in [0.15, 0.2) is 35.0 Å². The zero-order chi connectivity index (χ0) is 15.4. The molecule has 0 unspecified atom stereocenters. The molecule has 0 aliphatic carbocycles. The van der Waals surface area contributed by atoms with Crippen molar-refractivity contribution in [3.63, 3.8) is 0 Å².